The number of amidine groups is 1. The van der Waals surface area contributed by atoms with E-state index in [4.69, 9.17) is 16.6 Å². The Hall–Kier alpha value is -0.640. The zero-order valence-corrected chi connectivity index (χ0v) is 12.8. The van der Waals surface area contributed by atoms with E-state index in [9.17, 15) is 0 Å². The maximum absolute atomic E-state index is 5.92. The lowest BCUT2D eigenvalue weighted by Crippen LogP contribution is -2.24. The van der Waals surface area contributed by atoms with Gasteiger partial charge in [0.25, 0.3) is 0 Å². The molecule has 0 saturated heterocycles. The summed E-state index contributed by atoms with van der Waals surface area (Å²) in [5.41, 5.74) is 2.59. The van der Waals surface area contributed by atoms with Crippen molar-refractivity contribution in [2.75, 3.05) is 12.4 Å². The molecule has 1 aromatic rings. The molecule has 0 fully saturated rings. The quantitative estimate of drug-likeness (QED) is 0.783. The monoisotopic (exact) mass is 314 g/mol. The molecule has 0 N–H and O–H groups in total. The van der Waals surface area contributed by atoms with E-state index in [1.165, 1.54) is 11.3 Å². The first-order valence-electron chi connectivity index (χ1n) is 6.18. The summed E-state index contributed by atoms with van der Waals surface area (Å²) >= 11 is 7.62. The van der Waals surface area contributed by atoms with Gasteiger partial charge < -0.3 is 4.90 Å². The van der Waals surface area contributed by atoms with Crippen molar-refractivity contribution in [3.8, 4) is 0 Å². The summed E-state index contributed by atoms with van der Waals surface area (Å²) in [6.45, 7) is 0.994. The van der Waals surface area contributed by atoms with Gasteiger partial charge in [0.15, 0.2) is 5.17 Å². The molecule has 2 nitrogen and oxygen atoms in total. The first-order chi connectivity index (χ1) is 8.86. The number of alkyl halides is 1. The largest absolute Gasteiger partial charge is 0.321 e. The molecular formula is C14H16Cl2N2S. The van der Waals surface area contributed by atoms with E-state index in [-0.39, 0.29) is 12.4 Å². The number of hydrogen-bond acceptors (Lipinski definition) is 3. The van der Waals surface area contributed by atoms with Gasteiger partial charge in [-0.3, -0.25) is 4.99 Å². The predicted octanol–water partition coefficient (Wildman–Crippen LogP) is 3.91. The number of aliphatic imine (C=N–C) groups is 1. The summed E-state index contributed by atoms with van der Waals surface area (Å²) < 4.78 is 0. The molecule has 0 aliphatic carbocycles. The second kappa shape index (κ2) is 6.69. The van der Waals surface area contributed by atoms with Crippen LogP contribution < -0.4 is 0 Å². The van der Waals surface area contributed by atoms with Crippen LogP contribution in [0.15, 0.2) is 46.4 Å². The SMILES string of the molecule is Cl.ClCC1=CSC2=NC(CCc3ccccc3)CN12. The Kier molecular flexibility index (Phi) is 5.20. The molecular weight excluding hydrogens is 299 g/mol. The summed E-state index contributed by atoms with van der Waals surface area (Å²) in [7, 11) is 0. The highest BCUT2D eigenvalue weighted by Crippen LogP contribution is 2.32. The van der Waals surface area contributed by atoms with Crippen molar-refractivity contribution < 1.29 is 0 Å². The fraction of sp³-hybridized carbons (Fsp3) is 0.357. The molecule has 0 saturated carbocycles. The fourth-order valence-electron chi connectivity index (χ4n) is 2.31. The van der Waals surface area contributed by atoms with Gasteiger partial charge in [0.1, 0.15) is 0 Å². The molecule has 0 bridgehead atoms. The Morgan fingerprint density at radius 1 is 1.32 bits per heavy atom. The van der Waals surface area contributed by atoms with E-state index in [1.807, 2.05) is 0 Å². The number of allylic oxidation sites excluding steroid dienone is 1. The summed E-state index contributed by atoms with van der Waals surface area (Å²) in [6.07, 6.45) is 2.21. The molecule has 1 atom stereocenters. The molecule has 0 radical (unpaired) electrons. The van der Waals surface area contributed by atoms with Crippen LogP contribution in [0.2, 0.25) is 0 Å². The minimum atomic E-state index is 0. The van der Waals surface area contributed by atoms with E-state index >= 15 is 0 Å². The minimum absolute atomic E-state index is 0. The van der Waals surface area contributed by atoms with E-state index in [0.717, 1.165) is 24.6 Å². The number of aryl methyl sites for hydroxylation is 1. The third kappa shape index (κ3) is 3.28. The third-order valence-corrected chi connectivity index (χ3v) is 4.51. The van der Waals surface area contributed by atoms with Gasteiger partial charge in [-0.1, -0.05) is 42.1 Å². The van der Waals surface area contributed by atoms with Crippen molar-refractivity contribution in [3.63, 3.8) is 0 Å². The van der Waals surface area contributed by atoms with Crippen molar-refractivity contribution >= 4 is 40.9 Å². The van der Waals surface area contributed by atoms with E-state index < -0.39 is 0 Å². The van der Waals surface area contributed by atoms with E-state index in [2.05, 4.69) is 40.6 Å². The number of benzene rings is 1. The predicted molar refractivity (Wildman–Crippen MR) is 86.3 cm³/mol. The highest BCUT2D eigenvalue weighted by molar-refractivity contribution is 8.16. The van der Waals surface area contributed by atoms with E-state index in [1.54, 1.807) is 11.8 Å². The molecule has 2 aliphatic heterocycles. The van der Waals surface area contributed by atoms with Crippen LogP contribution in [0.4, 0.5) is 0 Å². The zero-order valence-electron chi connectivity index (χ0n) is 10.5. The van der Waals surface area contributed by atoms with Gasteiger partial charge in [-0.2, -0.15) is 0 Å². The van der Waals surface area contributed by atoms with Crippen LogP contribution >= 0.6 is 35.8 Å². The highest BCUT2D eigenvalue weighted by atomic mass is 35.5. The lowest BCUT2D eigenvalue weighted by molar-refractivity contribution is 0.495. The van der Waals surface area contributed by atoms with Crippen LogP contribution in [0.3, 0.4) is 0 Å². The van der Waals surface area contributed by atoms with Crippen LogP contribution in [-0.4, -0.2) is 28.5 Å². The molecule has 2 heterocycles. The Morgan fingerprint density at radius 3 is 2.84 bits per heavy atom. The van der Waals surface area contributed by atoms with Crippen molar-refractivity contribution in [1.82, 2.24) is 4.90 Å². The van der Waals surface area contributed by atoms with Gasteiger partial charge in [-0.25, -0.2) is 0 Å². The number of thioether (sulfide) groups is 1. The topological polar surface area (TPSA) is 15.6 Å². The molecule has 1 aromatic carbocycles. The van der Waals surface area contributed by atoms with Crippen molar-refractivity contribution in [2.45, 2.75) is 18.9 Å². The number of rotatable bonds is 4. The first-order valence-corrected chi connectivity index (χ1v) is 7.59. The Labute approximate surface area is 129 Å². The van der Waals surface area contributed by atoms with Crippen molar-refractivity contribution in [1.29, 1.82) is 0 Å². The normalized spacial score (nSPS) is 20.7. The Balaban J connectivity index is 0.00000133. The van der Waals surface area contributed by atoms with Gasteiger partial charge in [0.05, 0.1) is 11.9 Å². The van der Waals surface area contributed by atoms with Gasteiger partial charge in [-0.05, 0) is 23.8 Å². The minimum Gasteiger partial charge on any atom is -0.321 e. The lowest BCUT2D eigenvalue weighted by atomic mass is 10.1. The second-order valence-corrected chi connectivity index (χ2v) is 5.66. The Morgan fingerprint density at radius 2 is 2.11 bits per heavy atom. The average Bonchev–Trinajstić information content (AvgIpc) is 2.97. The summed E-state index contributed by atoms with van der Waals surface area (Å²) in [6, 6.07) is 11.0. The second-order valence-electron chi connectivity index (χ2n) is 4.56. The lowest BCUT2D eigenvalue weighted by Gasteiger charge is -2.16. The van der Waals surface area contributed by atoms with Crippen LogP contribution in [0.5, 0.6) is 0 Å². The molecule has 19 heavy (non-hydrogen) atoms. The number of hydrogen-bond donors (Lipinski definition) is 0. The third-order valence-electron chi connectivity index (χ3n) is 3.31. The smallest absolute Gasteiger partial charge is 0.168 e. The molecule has 2 aliphatic rings. The summed E-state index contributed by atoms with van der Waals surface area (Å²) in [5, 5.41) is 3.24. The van der Waals surface area contributed by atoms with Crippen LogP contribution in [0.1, 0.15) is 12.0 Å². The van der Waals surface area contributed by atoms with E-state index in [0.29, 0.717) is 11.9 Å². The molecule has 3 rings (SSSR count). The molecule has 5 heteroatoms. The van der Waals surface area contributed by atoms with Gasteiger partial charge in [0, 0.05) is 12.2 Å². The number of nitrogens with zero attached hydrogens (tertiary/aromatic N) is 2. The highest BCUT2D eigenvalue weighted by Gasteiger charge is 2.30. The number of halogens is 2. The van der Waals surface area contributed by atoms with Gasteiger partial charge in [-0.15, -0.1) is 24.0 Å². The molecule has 102 valence electrons. The van der Waals surface area contributed by atoms with Crippen LogP contribution in [-0.2, 0) is 6.42 Å². The summed E-state index contributed by atoms with van der Waals surface area (Å²) in [4.78, 5) is 7.02. The van der Waals surface area contributed by atoms with Crippen molar-refractivity contribution in [2.24, 2.45) is 4.99 Å². The van der Waals surface area contributed by atoms with Crippen LogP contribution in [0.25, 0.3) is 0 Å². The molecule has 0 aromatic heterocycles. The molecule has 1 unspecified atom stereocenters. The zero-order chi connectivity index (χ0) is 12.4. The molecule has 0 amide bonds. The summed E-state index contributed by atoms with van der Waals surface area (Å²) in [5.74, 6) is 0.581. The average molecular weight is 315 g/mol. The Bertz CT molecular complexity index is 487. The maximum Gasteiger partial charge on any atom is 0.168 e. The maximum atomic E-state index is 5.92. The standard InChI is InChI=1S/C14H15ClN2S.ClH/c15-8-13-10-18-14-16-12(9-17(13)14)7-6-11-4-2-1-3-5-11;/h1-5,10,12H,6-9H2;1H. The number of fused-ring (bicyclic) bond motifs is 1. The van der Waals surface area contributed by atoms with Gasteiger partial charge >= 0.3 is 0 Å². The first kappa shape index (κ1) is 14.8. The van der Waals surface area contributed by atoms with Crippen molar-refractivity contribution in [3.05, 3.63) is 47.0 Å². The van der Waals surface area contributed by atoms with Gasteiger partial charge in [0.2, 0.25) is 0 Å². The molecule has 0 spiro atoms. The van der Waals surface area contributed by atoms with Crippen LogP contribution in [0, 0.1) is 0 Å². The fourth-order valence-corrected chi connectivity index (χ4v) is 3.61.